The Morgan fingerprint density at radius 2 is 1.91 bits per heavy atom. The van der Waals surface area contributed by atoms with E-state index in [1.165, 1.54) is 25.5 Å². The molecule has 0 saturated carbocycles. The predicted molar refractivity (Wildman–Crippen MR) is 46.5 cm³/mol. The van der Waals surface area contributed by atoms with Crippen molar-refractivity contribution in [2.75, 3.05) is 13.1 Å². The maximum Gasteiger partial charge on any atom is 0.122 e. The van der Waals surface area contributed by atoms with Gasteiger partial charge in [-0.15, -0.1) is 0 Å². The second kappa shape index (κ2) is 4.01. The Labute approximate surface area is 67.4 Å². The van der Waals surface area contributed by atoms with E-state index >= 15 is 0 Å². The van der Waals surface area contributed by atoms with E-state index in [1.807, 2.05) is 0 Å². The Morgan fingerprint density at radius 1 is 1.27 bits per heavy atom. The zero-order valence-corrected chi connectivity index (χ0v) is 6.71. The summed E-state index contributed by atoms with van der Waals surface area (Å²) in [4.78, 5) is 2.06. The molecule has 1 fully saturated rings. The molecule has 3 heteroatoms. The zero-order chi connectivity index (χ0) is 8.10. The number of hydrogen-bond donors (Lipinski definition) is 2. The maximum absolute atomic E-state index is 7.54. The average Bonchev–Trinajstić information content (AvgIpc) is 2.07. The Morgan fingerprint density at radius 3 is 2.45 bits per heavy atom. The molecule has 0 aromatic heterocycles. The monoisotopic (exact) mass is 153 g/mol. The van der Waals surface area contributed by atoms with Crippen LogP contribution in [0.1, 0.15) is 19.3 Å². The number of nitrogens with two attached hydrogens (primary N) is 1. The lowest BCUT2D eigenvalue weighted by Gasteiger charge is -2.27. The van der Waals surface area contributed by atoms with E-state index < -0.39 is 0 Å². The molecule has 1 aliphatic rings. The molecule has 1 aliphatic heterocycles. The van der Waals surface area contributed by atoms with Crippen molar-refractivity contribution in [3.8, 4) is 0 Å². The van der Waals surface area contributed by atoms with Gasteiger partial charge in [0.15, 0.2) is 0 Å². The van der Waals surface area contributed by atoms with Crippen LogP contribution in [0.15, 0.2) is 12.3 Å². The summed E-state index contributed by atoms with van der Waals surface area (Å²) in [7, 11) is 0. The number of hydrogen-bond acceptors (Lipinski definition) is 2. The first-order chi connectivity index (χ1) is 5.34. The van der Waals surface area contributed by atoms with Crippen LogP contribution in [-0.4, -0.2) is 23.8 Å². The van der Waals surface area contributed by atoms with E-state index in [1.54, 1.807) is 6.08 Å². The summed E-state index contributed by atoms with van der Waals surface area (Å²) in [5.74, 6) is 0.548. The summed E-state index contributed by atoms with van der Waals surface area (Å²) in [6, 6.07) is 0. The molecule has 0 unspecified atom stereocenters. The smallest absolute Gasteiger partial charge is 0.122 e. The molecule has 3 N–H and O–H groups in total. The van der Waals surface area contributed by atoms with Gasteiger partial charge in [-0.05, 0) is 31.5 Å². The third-order valence-corrected chi connectivity index (χ3v) is 1.95. The standard InChI is InChI=1S/C8H15N3/c9-5-4-8(10)11-6-2-1-3-7-11/h4-5,10H,1-3,6-7,9H2. The van der Waals surface area contributed by atoms with Crippen molar-refractivity contribution in [3.05, 3.63) is 12.3 Å². The third-order valence-electron chi connectivity index (χ3n) is 1.95. The highest BCUT2D eigenvalue weighted by Gasteiger charge is 2.10. The SMILES string of the molecule is N=C(C=CN)N1CCCCC1. The van der Waals surface area contributed by atoms with Gasteiger partial charge in [0.25, 0.3) is 0 Å². The summed E-state index contributed by atoms with van der Waals surface area (Å²) in [5, 5.41) is 7.54. The van der Waals surface area contributed by atoms with Crippen LogP contribution in [-0.2, 0) is 0 Å². The fraction of sp³-hybridized carbons (Fsp3) is 0.625. The molecule has 62 valence electrons. The summed E-state index contributed by atoms with van der Waals surface area (Å²) >= 11 is 0. The van der Waals surface area contributed by atoms with Crippen LogP contribution in [0.4, 0.5) is 0 Å². The van der Waals surface area contributed by atoms with Crippen molar-refractivity contribution in [3.63, 3.8) is 0 Å². The van der Waals surface area contributed by atoms with Crippen molar-refractivity contribution >= 4 is 5.84 Å². The number of likely N-dealkylation sites (tertiary alicyclic amines) is 1. The molecule has 1 saturated heterocycles. The topological polar surface area (TPSA) is 53.1 Å². The molecule has 0 radical (unpaired) electrons. The molecule has 3 nitrogen and oxygen atoms in total. The quantitative estimate of drug-likeness (QED) is 0.435. The molecular weight excluding hydrogens is 138 g/mol. The van der Waals surface area contributed by atoms with E-state index in [0.717, 1.165) is 13.1 Å². The van der Waals surface area contributed by atoms with Crippen LogP contribution in [0.25, 0.3) is 0 Å². The van der Waals surface area contributed by atoms with E-state index in [-0.39, 0.29) is 0 Å². The number of nitrogens with zero attached hydrogens (tertiary/aromatic N) is 1. The average molecular weight is 153 g/mol. The molecule has 0 aromatic rings. The number of rotatable bonds is 1. The Bertz CT molecular complexity index is 157. The third kappa shape index (κ3) is 2.26. The Kier molecular flexibility index (Phi) is 2.95. The van der Waals surface area contributed by atoms with Crippen molar-refractivity contribution in [2.24, 2.45) is 5.73 Å². The van der Waals surface area contributed by atoms with E-state index in [9.17, 15) is 0 Å². The van der Waals surface area contributed by atoms with Crippen molar-refractivity contribution in [1.82, 2.24) is 4.90 Å². The molecule has 1 heterocycles. The highest BCUT2D eigenvalue weighted by atomic mass is 15.2. The van der Waals surface area contributed by atoms with Crippen LogP contribution < -0.4 is 5.73 Å². The van der Waals surface area contributed by atoms with E-state index in [4.69, 9.17) is 11.1 Å². The number of piperidine rings is 1. The van der Waals surface area contributed by atoms with Crippen LogP contribution in [0.3, 0.4) is 0 Å². The van der Waals surface area contributed by atoms with Crippen molar-refractivity contribution in [1.29, 1.82) is 5.41 Å². The minimum absolute atomic E-state index is 0.548. The Balaban J connectivity index is 2.38. The summed E-state index contributed by atoms with van der Waals surface area (Å²) in [6.45, 7) is 2.03. The van der Waals surface area contributed by atoms with Crippen LogP contribution in [0, 0.1) is 5.41 Å². The minimum atomic E-state index is 0.548. The number of nitrogens with one attached hydrogen (secondary N) is 1. The lowest BCUT2D eigenvalue weighted by Crippen LogP contribution is -2.34. The first-order valence-corrected chi connectivity index (χ1v) is 4.06. The molecule has 11 heavy (non-hydrogen) atoms. The summed E-state index contributed by atoms with van der Waals surface area (Å²) in [5.41, 5.74) is 5.19. The fourth-order valence-corrected chi connectivity index (χ4v) is 1.33. The molecule has 1 rings (SSSR count). The van der Waals surface area contributed by atoms with Crippen molar-refractivity contribution in [2.45, 2.75) is 19.3 Å². The second-order valence-corrected chi connectivity index (χ2v) is 2.79. The molecule has 0 bridgehead atoms. The molecule has 0 aromatic carbocycles. The van der Waals surface area contributed by atoms with Gasteiger partial charge >= 0.3 is 0 Å². The normalized spacial score (nSPS) is 19.1. The summed E-state index contributed by atoms with van der Waals surface area (Å²) < 4.78 is 0. The first-order valence-electron chi connectivity index (χ1n) is 4.06. The van der Waals surface area contributed by atoms with Gasteiger partial charge in [0.2, 0.25) is 0 Å². The molecule has 0 atom stereocenters. The fourth-order valence-electron chi connectivity index (χ4n) is 1.33. The van der Waals surface area contributed by atoms with Gasteiger partial charge in [0.1, 0.15) is 5.84 Å². The van der Waals surface area contributed by atoms with Crippen molar-refractivity contribution < 1.29 is 0 Å². The number of amidine groups is 1. The van der Waals surface area contributed by atoms with Gasteiger partial charge in [-0.25, -0.2) is 0 Å². The zero-order valence-electron chi connectivity index (χ0n) is 6.71. The highest BCUT2D eigenvalue weighted by Crippen LogP contribution is 2.08. The predicted octanol–water partition coefficient (Wildman–Crippen LogP) is 0.922. The van der Waals surface area contributed by atoms with E-state index in [0.29, 0.717) is 5.84 Å². The largest absolute Gasteiger partial charge is 0.404 e. The molecule has 0 aliphatic carbocycles. The van der Waals surface area contributed by atoms with Gasteiger partial charge in [-0.2, -0.15) is 0 Å². The Hall–Kier alpha value is -0.990. The minimum Gasteiger partial charge on any atom is -0.404 e. The van der Waals surface area contributed by atoms with Crippen LogP contribution in [0.2, 0.25) is 0 Å². The lowest BCUT2D eigenvalue weighted by molar-refractivity contribution is 0.342. The van der Waals surface area contributed by atoms with Gasteiger partial charge in [-0.3, -0.25) is 5.41 Å². The van der Waals surface area contributed by atoms with Crippen LogP contribution in [0.5, 0.6) is 0 Å². The molecule has 0 spiro atoms. The highest BCUT2D eigenvalue weighted by molar-refractivity contribution is 5.90. The second-order valence-electron chi connectivity index (χ2n) is 2.79. The van der Waals surface area contributed by atoms with Crippen LogP contribution >= 0.6 is 0 Å². The summed E-state index contributed by atoms with van der Waals surface area (Å²) in [6.07, 6.45) is 6.79. The van der Waals surface area contributed by atoms with E-state index in [2.05, 4.69) is 4.90 Å². The maximum atomic E-state index is 7.54. The van der Waals surface area contributed by atoms with Gasteiger partial charge in [-0.1, -0.05) is 0 Å². The van der Waals surface area contributed by atoms with Gasteiger partial charge in [0, 0.05) is 13.1 Å². The first kappa shape index (κ1) is 8.11. The molecule has 0 amide bonds. The lowest BCUT2D eigenvalue weighted by atomic mass is 10.1. The molecular formula is C8H15N3. The van der Waals surface area contributed by atoms with Gasteiger partial charge in [0.05, 0.1) is 0 Å². The van der Waals surface area contributed by atoms with Gasteiger partial charge < -0.3 is 10.6 Å².